The zero-order chi connectivity index (χ0) is 14.2. The monoisotopic (exact) mass is 266 g/mol. The van der Waals surface area contributed by atoms with Crippen LogP contribution in [-0.2, 0) is 9.59 Å². The number of piperazine rings is 1. The number of amides is 2. The van der Waals surface area contributed by atoms with Crippen molar-refractivity contribution in [2.24, 2.45) is 11.8 Å². The maximum Gasteiger partial charge on any atom is 0.246 e. The molecule has 1 heterocycles. The fraction of sp³-hybridized carbons (Fsp3) is 0.867. The maximum atomic E-state index is 12.7. The van der Waals surface area contributed by atoms with Crippen molar-refractivity contribution in [2.45, 2.75) is 71.5 Å². The average molecular weight is 266 g/mol. The zero-order valence-corrected chi connectivity index (χ0v) is 12.5. The van der Waals surface area contributed by atoms with Crippen molar-refractivity contribution in [1.82, 2.24) is 10.2 Å². The van der Waals surface area contributed by atoms with Crippen LogP contribution in [0.1, 0.15) is 53.4 Å². The molecule has 2 fully saturated rings. The van der Waals surface area contributed by atoms with Gasteiger partial charge in [-0.3, -0.25) is 9.59 Å². The Balaban J connectivity index is 2.31. The second kappa shape index (κ2) is 5.51. The summed E-state index contributed by atoms with van der Waals surface area (Å²) in [4.78, 5) is 26.9. The molecule has 0 aromatic carbocycles. The predicted molar refractivity (Wildman–Crippen MR) is 74.5 cm³/mol. The molecule has 19 heavy (non-hydrogen) atoms. The van der Waals surface area contributed by atoms with Crippen LogP contribution in [0.4, 0.5) is 0 Å². The summed E-state index contributed by atoms with van der Waals surface area (Å²) >= 11 is 0. The van der Waals surface area contributed by atoms with E-state index >= 15 is 0 Å². The Morgan fingerprint density at radius 3 is 2.47 bits per heavy atom. The smallest absolute Gasteiger partial charge is 0.246 e. The molecule has 2 amide bonds. The molecule has 2 aliphatic rings. The van der Waals surface area contributed by atoms with Gasteiger partial charge < -0.3 is 10.2 Å². The maximum absolute atomic E-state index is 12.7. The molecule has 4 atom stereocenters. The molecule has 2 rings (SSSR count). The molecule has 1 saturated heterocycles. The first-order valence-electron chi connectivity index (χ1n) is 7.59. The number of hydrogen-bond acceptors (Lipinski definition) is 2. The molecule has 0 aromatic rings. The SMILES string of the molecule is CCC1NC(=O)C(C(C)C)N(C2CCCC2C)C1=O. The van der Waals surface area contributed by atoms with E-state index in [0.29, 0.717) is 12.3 Å². The van der Waals surface area contributed by atoms with E-state index in [-0.39, 0.29) is 35.9 Å². The molecule has 0 aromatic heterocycles. The average Bonchev–Trinajstić information content (AvgIpc) is 2.76. The first kappa shape index (κ1) is 14.4. The van der Waals surface area contributed by atoms with E-state index < -0.39 is 0 Å². The van der Waals surface area contributed by atoms with E-state index in [2.05, 4.69) is 12.2 Å². The minimum atomic E-state index is -0.324. The molecule has 0 radical (unpaired) electrons. The molecule has 0 spiro atoms. The molecule has 108 valence electrons. The summed E-state index contributed by atoms with van der Waals surface area (Å²) in [6.45, 7) is 8.21. The second-order valence-corrected chi connectivity index (χ2v) is 6.38. The third kappa shape index (κ3) is 2.49. The summed E-state index contributed by atoms with van der Waals surface area (Å²) in [5, 5.41) is 2.89. The lowest BCUT2D eigenvalue weighted by Crippen LogP contribution is -2.67. The number of hydrogen-bond donors (Lipinski definition) is 1. The summed E-state index contributed by atoms with van der Waals surface area (Å²) in [6, 6.07) is -0.365. The fourth-order valence-electron chi connectivity index (χ4n) is 3.57. The highest BCUT2D eigenvalue weighted by atomic mass is 16.2. The van der Waals surface area contributed by atoms with Gasteiger partial charge in [-0.25, -0.2) is 0 Å². The lowest BCUT2D eigenvalue weighted by atomic mass is 9.91. The Hall–Kier alpha value is -1.06. The molecule has 1 aliphatic heterocycles. The minimum Gasteiger partial charge on any atom is -0.343 e. The first-order valence-corrected chi connectivity index (χ1v) is 7.59. The Labute approximate surface area is 115 Å². The van der Waals surface area contributed by atoms with Crippen LogP contribution >= 0.6 is 0 Å². The molecule has 4 heteroatoms. The lowest BCUT2D eigenvalue weighted by Gasteiger charge is -2.45. The fourth-order valence-corrected chi connectivity index (χ4v) is 3.57. The Morgan fingerprint density at radius 1 is 1.32 bits per heavy atom. The van der Waals surface area contributed by atoms with Crippen LogP contribution in [0.25, 0.3) is 0 Å². The van der Waals surface area contributed by atoms with E-state index in [1.807, 2.05) is 25.7 Å². The summed E-state index contributed by atoms with van der Waals surface area (Å²) in [7, 11) is 0. The number of carbonyl (C=O) groups is 2. The third-order valence-corrected chi connectivity index (χ3v) is 4.65. The van der Waals surface area contributed by atoms with Gasteiger partial charge in [0.2, 0.25) is 11.8 Å². The number of nitrogens with one attached hydrogen (secondary N) is 1. The van der Waals surface area contributed by atoms with Crippen molar-refractivity contribution in [2.75, 3.05) is 0 Å². The number of rotatable bonds is 3. The van der Waals surface area contributed by atoms with Gasteiger partial charge in [0.15, 0.2) is 0 Å². The second-order valence-electron chi connectivity index (χ2n) is 6.38. The minimum absolute atomic E-state index is 0.0283. The van der Waals surface area contributed by atoms with Gasteiger partial charge in [-0.2, -0.15) is 0 Å². The zero-order valence-electron chi connectivity index (χ0n) is 12.5. The summed E-state index contributed by atoms with van der Waals surface area (Å²) in [5.41, 5.74) is 0. The van der Waals surface area contributed by atoms with Crippen LogP contribution in [0.5, 0.6) is 0 Å². The van der Waals surface area contributed by atoms with Gasteiger partial charge in [0.1, 0.15) is 12.1 Å². The van der Waals surface area contributed by atoms with E-state index in [1.165, 1.54) is 6.42 Å². The molecule has 0 bridgehead atoms. The molecular weight excluding hydrogens is 240 g/mol. The van der Waals surface area contributed by atoms with Gasteiger partial charge in [0.05, 0.1) is 0 Å². The van der Waals surface area contributed by atoms with Gasteiger partial charge in [-0.15, -0.1) is 0 Å². The van der Waals surface area contributed by atoms with Crippen LogP contribution in [0.2, 0.25) is 0 Å². The third-order valence-electron chi connectivity index (χ3n) is 4.65. The normalized spacial score (nSPS) is 35.9. The Morgan fingerprint density at radius 2 is 2.00 bits per heavy atom. The van der Waals surface area contributed by atoms with Crippen LogP contribution < -0.4 is 5.32 Å². The molecule has 1 N–H and O–H groups in total. The van der Waals surface area contributed by atoms with Crippen molar-refractivity contribution in [3.8, 4) is 0 Å². The first-order chi connectivity index (χ1) is 8.97. The number of nitrogens with zero attached hydrogens (tertiary/aromatic N) is 1. The van der Waals surface area contributed by atoms with Crippen molar-refractivity contribution in [3.63, 3.8) is 0 Å². The van der Waals surface area contributed by atoms with Crippen molar-refractivity contribution in [3.05, 3.63) is 0 Å². The highest BCUT2D eigenvalue weighted by molar-refractivity contribution is 5.97. The van der Waals surface area contributed by atoms with Crippen molar-refractivity contribution in [1.29, 1.82) is 0 Å². The van der Waals surface area contributed by atoms with E-state index in [0.717, 1.165) is 12.8 Å². The molecule has 1 aliphatic carbocycles. The number of carbonyl (C=O) groups excluding carboxylic acids is 2. The molecule has 4 nitrogen and oxygen atoms in total. The van der Waals surface area contributed by atoms with Gasteiger partial charge in [0, 0.05) is 6.04 Å². The Bertz CT molecular complexity index is 367. The largest absolute Gasteiger partial charge is 0.343 e. The highest BCUT2D eigenvalue weighted by Crippen LogP contribution is 2.34. The van der Waals surface area contributed by atoms with Crippen molar-refractivity contribution < 1.29 is 9.59 Å². The highest BCUT2D eigenvalue weighted by Gasteiger charge is 2.46. The summed E-state index contributed by atoms with van der Waals surface area (Å²) in [5.74, 6) is 0.822. The quantitative estimate of drug-likeness (QED) is 0.848. The standard InChI is InChI=1S/C15H26N2O2/c1-5-11-15(19)17(12-8-6-7-10(12)4)13(9(2)3)14(18)16-11/h9-13H,5-8H2,1-4H3,(H,16,18). The van der Waals surface area contributed by atoms with Crippen LogP contribution in [0, 0.1) is 11.8 Å². The summed E-state index contributed by atoms with van der Waals surface area (Å²) in [6.07, 6.45) is 4.04. The van der Waals surface area contributed by atoms with Crippen LogP contribution in [0.3, 0.4) is 0 Å². The van der Waals surface area contributed by atoms with Gasteiger partial charge in [-0.1, -0.05) is 34.1 Å². The lowest BCUT2D eigenvalue weighted by molar-refractivity contribution is -0.155. The topological polar surface area (TPSA) is 49.4 Å². The molecule has 1 saturated carbocycles. The van der Waals surface area contributed by atoms with E-state index in [9.17, 15) is 9.59 Å². The van der Waals surface area contributed by atoms with E-state index in [4.69, 9.17) is 0 Å². The van der Waals surface area contributed by atoms with Crippen LogP contribution in [-0.4, -0.2) is 34.8 Å². The van der Waals surface area contributed by atoms with Crippen LogP contribution in [0.15, 0.2) is 0 Å². The van der Waals surface area contributed by atoms with E-state index in [1.54, 1.807) is 0 Å². The Kier molecular flexibility index (Phi) is 4.16. The predicted octanol–water partition coefficient (Wildman–Crippen LogP) is 1.94. The van der Waals surface area contributed by atoms with Gasteiger partial charge in [-0.05, 0) is 31.1 Å². The van der Waals surface area contributed by atoms with Gasteiger partial charge >= 0.3 is 0 Å². The van der Waals surface area contributed by atoms with Crippen molar-refractivity contribution >= 4 is 11.8 Å². The summed E-state index contributed by atoms with van der Waals surface area (Å²) < 4.78 is 0. The molecule has 4 unspecified atom stereocenters. The van der Waals surface area contributed by atoms with Gasteiger partial charge in [0.25, 0.3) is 0 Å². The molecular formula is C15H26N2O2.